The average Bonchev–Trinajstić information content (AvgIpc) is 1.86. The fourth-order valence-corrected chi connectivity index (χ4v) is 0.185. The van der Waals surface area contributed by atoms with Crippen molar-refractivity contribution in [1.82, 2.24) is 11.2 Å². The van der Waals surface area contributed by atoms with E-state index in [9.17, 15) is 0 Å². The summed E-state index contributed by atoms with van der Waals surface area (Å²) < 4.78 is 0. The average molecular weight is 87.1 g/mol. The van der Waals surface area contributed by atoms with E-state index in [-0.39, 0.29) is 0 Å². The molecule has 0 atom stereocenters. The van der Waals surface area contributed by atoms with E-state index in [1.807, 2.05) is 0 Å². The lowest BCUT2D eigenvalue weighted by atomic mass is 11.1. The van der Waals surface area contributed by atoms with Crippen molar-refractivity contribution in [2.75, 3.05) is 0 Å². The molecule has 6 heavy (non-hydrogen) atoms. The number of hydrogen-bond acceptors (Lipinski definition) is 3. The van der Waals surface area contributed by atoms with Crippen LogP contribution in [0.5, 0.6) is 0 Å². The molecule has 1 radical (unpaired) electrons. The largest absolute Gasteiger partial charge is 0.361 e. The summed E-state index contributed by atoms with van der Waals surface area (Å²) in [5.74, 6) is 6.46. The van der Waals surface area contributed by atoms with Gasteiger partial charge in [0, 0.05) is 0 Å². The van der Waals surface area contributed by atoms with E-state index in [2.05, 4.69) is 9.68 Å². The zero-order chi connectivity index (χ0) is 4.41. The highest BCUT2D eigenvalue weighted by molar-refractivity contribution is 4.60. The SMILES string of the molecule is [NH]N1OC=CO1. The third-order valence-corrected chi connectivity index (χ3v) is 0.369. The summed E-state index contributed by atoms with van der Waals surface area (Å²) in [5, 5.41) is 0.500. The van der Waals surface area contributed by atoms with Crippen LogP contribution < -0.4 is 5.84 Å². The van der Waals surface area contributed by atoms with Gasteiger partial charge in [0.25, 0.3) is 0 Å². The number of nitrogens with zero attached hydrogens (tertiary/aromatic N) is 1. The summed E-state index contributed by atoms with van der Waals surface area (Å²) in [7, 11) is 0. The molecule has 4 nitrogen and oxygen atoms in total. The van der Waals surface area contributed by atoms with E-state index < -0.39 is 0 Å². The van der Waals surface area contributed by atoms with E-state index in [1.54, 1.807) is 0 Å². The zero-order valence-corrected chi connectivity index (χ0v) is 2.92. The van der Waals surface area contributed by atoms with E-state index in [0.29, 0.717) is 5.34 Å². The lowest BCUT2D eigenvalue weighted by molar-refractivity contribution is -0.295. The van der Waals surface area contributed by atoms with Crippen molar-refractivity contribution in [3.8, 4) is 0 Å². The Balaban J connectivity index is 2.32. The van der Waals surface area contributed by atoms with Gasteiger partial charge in [0.2, 0.25) is 0 Å². The first-order chi connectivity index (χ1) is 2.89. The van der Waals surface area contributed by atoms with Crippen LogP contribution in [0.3, 0.4) is 0 Å². The van der Waals surface area contributed by atoms with Gasteiger partial charge >= 0.3 is 0 Å². The van der Waals surface area contributed by atoms with Crippen LogP contribution in [0.1, 0.15) is 0 Å². The van der Waals surface area contributed by atoms with Crippen molar-refractivity contribution in [2.45, 2.75) is 0 Å². The Morgan fingerprint density at radius 3 is 2.00 bits per heavy atom. The molecule has 0 unspecified atom stereocenters. The molecule has 0 aromatic carbocycles. The van der Waals surface area contributed by atoms with Gasteiger partial charge in [-0.25, -0.2) is 0 Å². The maximum atomic E-state index is 6.46. The lowest BCUT2D eigenvalue weighted by Gasteiger charge is -1.98. The first-order valence-corrected chi connectivity index (χ1v) is 1.39. The Bertz CT molecular complexity index is 63.9. The van der Waals surface area contributed by atoms with Crippen LogP contribution in [0.2, 0.25) is 0 Å². The smallest absolute Gasteiger partial charge is 0.154 e. The Morgan fingerprint density at radius 2 is 1.83 bits per heavy atom. The molecule has 1 aliphatic rings. The third-order valence-electron chi connectivity index (χ3n) is 0.369. The fourth-order valence-electron chi connectivity index (χ4n) is 0.185. The fraction of sp³-hybridized carbons (Fsp3) is 0. The molecule has 1 aliphatic heterocycles. The van der Waals surface area contributed by atoms with Crippen LogP contribution in [-0.4, -0.2) is 5.34 Å². The van der Waals surface area contributed by atoms with Gasteiger partial charge in [0.15, 0.2) is 12.5 Å². The second-order valence-corrected chi connectivity index (χ2v) is 0.740. The standard InChI is InChI=1S/C2H3N2O2/c3-4-5-1-2-6-4/h1-3H. The second kappa shape index (κ2) is 1.16. The molecule has 0 saturated carbocycles. The van der Waals surface area contributed by atoms with E-state index in [1.165, 1.54) is 12.5 Å². The maximum absolute atomic E-state index is 6.46. The predicted molar refractivity (Wildman–Crippen MR) is 16.2 cm³/mol. The maximum Gasteiger partial charge on any atom is 0.154 e. The zero-order valence-electron chi connectivity index (χ0n) is 2.92. The Hall–Kier alpha value is -0.740. The molecule has 1 N–H and O–H groups in total. The van der Waals surface area contributed by atoms with Crippen LogP contribution in [0.4, 0.5) is 0 Å². The van der Waals surface area contributed by atoms with Crippen molar-refractivity contribution >= 4 is 0 Å². The van der Waals surface area contributed by atoms with Crippen molar-refractivity contribution in [1.29, 1.82) is 0 Å². The highest BCUT2D eigenvalue weighted by Crippen LogP contribution is 1.94. The molecule has 0 aromatic heterocycles. The normalized spacial score (nSPS) is 20.2. The quantitative estimate of drug-likeness (QED) is 0.412. The van der Waals surface area contributed by atoms with Crippen LogP contribution >= 0.6 is 0 Å². The molecule has 0 fully saturated rings. The van der Waals surface area contributed by atoms with Gasteiger partial charge < -0.3 is 9.68 Å². The van der Waals surface area contributed by atoms with Gasteiger partial charge in [-0.2, -0.15) is 0 Å². The molecule has 0 aromatic rings. The summed E-state index contributed by atoms with van der Waals surface area (Å²) in [6.07, 6.45) is 2.54. The van der Waals surface area contributed by atoms with Crippen molar-refractivity contribution in [2.24, 2.45) is 0 Å². The molecular formula is C2H3N2O2. The molecule has 1 rings (SSSR count). The Kier molecular flexibility index (Phi) is 0.664. The van der Waals surface area contributed by atoms with E-state index in [0.717, 1.165) is 0 Å². The molecular weight excluding hydrogens is 84.0 g/mol. The first-order valence-electron chi connectivity index (χ1n) is 1.39. The van der Waals surface area contributed by atoms with Crippen molar-refractivity contribution in [3.63, 3.8) is 0 Å². The highest BCUT2D eigenvalue weighted by Gasteiger charge is 1.99. The number of nitrogens with one attached hydrogen (secondary N) is 1. The molecule has 33 valence electrons. The van der Waals surface area contributed by atoms with Gasteiger partial charge in [0.1, 0.15) is 5.34 Å². The summed E-state index contributed by atoms with van der Waals surface area (Å²) in [5.41, 5.74) is 0. The van der Waals surface area contributed by atoms with Gasteiger partial charge in [-0.3, -0.25) is 0 Å². The summed E-state index contributed by atoms with van der Waals surface area (Å²) >= 11 is 0. The van der Waals surface area contributed by atoms with Gasteiger partial charge in [-0.1, -0.05) is 0 Å². The molecule has 0 bridgehead atoms. The van der Waals surface area contributed by atoms with Crippen LogP contribution in [-0.2, 0) is 9.68 Å². The Morgan fingerprint density at radius 1 is 1.33 bits per heavy atom. The Labute approximate surface area is 34.6 Å². The van der Waals surface area contributed by atoms with Gasteiger partial charge in [-0.05, 0) is 0 Å². The second-order valence-electron chi connectivity index (χ2n) is 0.740. The predicted octanol–water partition coefficient (Wildman–Crippen LogP) is -0.166. The van der Waals surface area contributed by atoms with Crippen LogP contribution in [0.25, 0.3) is 0 Å². The monoisotopic (exact) mass is 87.0 g/mol. The van der Waals surface area contributed by atoms with E-state index >= 15 is 0 Å². The number of hydrogen-bond donors (Lipinski definition) is 0. The molecule has 0 saturated heterocycles. The third kappa shape index (κ3) is 0.425. The van der Waals surface area contributed by atoms with Gasteiger partial charge in [-0.15, -0.1) is 5.84 Å². The minimum atomic E-state index is 0.500. The van der Waals surface area contributed by atoms with E-state index in [4.69, 9.17) is 5.84 Å². The molecule has 1 heterocycles. The topological polar surface area (TPSA) is 45.5 Å². The van der Waals surface area contributed by atoms with Crippen molar-refractivity contribution < 1.29 is 9.68 Å². The summed E-state index contributed by atoms with van der Waals surface area (Å²) in [4.78, 5) is 8.50. The lowest BCUT2D eigenvalue weighted by Crippen LogP contribution is -2.11. The molecule has 4 heteroatoms. The minimum Gasteiger partial charge on any atom is -0.361 e. The van der Waals surface area contributed by atoms with Gasteiger partial charge in [0.05, 0.1) is 0 Å². The first kappa shape index (κ1) is 3.45. The number of rotatable bonds is 0. The highest BCUT2D eigenvalue weighted by atomic mass is 17.0. The van der Waals surface area contributed by atoms with Crippen LogP contribution in [0.15, 0.2) is 12.5 Å². The van der Waals surface area contributed by atoms with Crippen molar-refractivity contribution in [3.05, 3.63) is 12.5 Å². The minimum absolute atomic E-state index is 0.500. The summed E-state index contributed by atoms with van der Waals surface area (Å²) in [6.45, 7) is 0. The molecule has 0 amide bonds. The summed E-state index contributed by atoms with van der Waals surface area (Å²) in [6, 6.07) is 0. The molecule has 0 spiro atoms. The molecule has 0 aliphatic carbocycles. The van der Waals surface area contributed by atoms with Crippen LogP contribution in [0, 0.1) is 0 Å².